The lowest BCUT2D eigenvalue weighted by Crippen LogP contribution is -2.30. The lowest BCUT2D eigenvalue weighted by molar-refractivity contribution is 0.532. The number of aryl methyl sites for hydroxylation is 2. The second-order valence-electron chi connectivity index (χ2n) is 5.63. The van der Waals surface area contributed by atoms with E-state index in [1.807, 2.05) is 19.2 Å². The third-order valence-electron chi connectivity index (χ3n) is 3.65. The normalized spacial score (nSPS) is 12.4. The molecule has 0 saturated carbocycles. The van der Waals surface area contributed by atoms with E-state index >= 15 is 0 Å². The molecule has 112 valence electrons. The van der Waals surface area contributed by atoms with Gasteiger partial charge in [0.25, 0.3) is 0 Å². The van der Waals surface area contributed by atoms with Crippen molar-refractivity contribution >= 4 is 15.9 Å². The molecule has 1 N–H and O–H groups in total. The second-order valence-corrected chi connectivity index (χ2v) is 6.54. The van der Waals surface area contributed by atoms with Crippen molar-refractivity contribution in [2.45, 2.75) is 32.7 Å². The van der Waals surface area contributed by atoms with Gasteiger partial charge in [0.05, 0.1) is 0 Å². The molecular weight excluding hydrogens is 329 g/mol. The maximum atomic E-state index is 14.0. The van der Waals surface area contributed by atoms with Gasteiger partial charge in [0.1, 0.15) is 5.82 Å². The van der Waals surface area contributed by atoms with Gasteiger partial charge in [-0.15, -0.1) is 0 Å². The predicted molar refractivity (Wildman–Crippen MR) is 90.3 cm³/mol. The minimum atomic E-state index is -0.148. The van der Waals surface area contributed by atoms with Crippen molar-refractivity contribution in [3.63, 3.8) is 0 Å². The first kappa shape index (κ1) is 16.2. The van der Waals surface area contributed by atoms with Gasteiger partial charge in [-0.2, -0.15) is 0 Å². The van der Waals surface area contributed by atoms with Crippen molar-refractivity contribution in [3.05, 3.63) is 68.9 Å². The Morgan fingerprint density at radius 2 is 1.71 bits per heavy atom. The molecule has 0 fully saturated rings. The first-order valence-electron chi connectivity index (χ1n) is 7.16. The molecule has 0 radical (unpaired) electrons. The van der Waals surface area contributed by atoms with Crippen molar-refractivity contribution < 1.29 is 4.39 Å². The van der Waals surface area contributed by atoms with Gasteiger partial charge >= 0.3 is 0 Å². The monoisotopic (exact) mass is 349 g/mol. The third-order valence-corrected chi connectivity index (χ3v) is 4.15. The molecule has 2 aromatic carbocycles. The van der Waals surface area contributed by atoms with E-state index in [2.05, 4.69) is 53.3 Å². The molecule has 0 aromatic heterocycles. The highest BCUT2D eigenvalue weighted by molar-refractivity contribution is 9.10. The molecule has 0 amide bonds. The van der Waals surface area contributed by atoms with Gasteiger partial charge in [-0.25, -0.2) is 4.39 Å². The zero-order valence-corrected chi connectivity index (χ0v) is 14.3. The molecule has 0 aliphatic heterocycles. The fraction of sp³-hybridized carbons (Fsp3) is 0.333. The van der Waals surface area contributed by atoms with Gasteiger partial charge in [-0.1, -0.05) is 51.3 Å². The summed E-state index contributed by atoms with van der Waals surface area (Å²) in [5.41, 5.74) is 4.59. The molecule has 0 aliphatic carbocycles. The zero-order chi connectivity index (χ0) is 15.4. The van der Waals surface area contributed by atoms with Crippen LogP contribution in [-0.2, 0) is 12.8 Å². The second kappa shape index (κ2) is 7.19. The fourth-order valence-corrected chi connectivity index (χ4v) is 3.03. The van der Waals surface area contributed by atoms with E-state index in [0.29, 0.717) is 6.42 Å². The molecule has 2 aromatic rings. The highest BCUT2D eigenvalue weighted by Gasteiger charge is 2.12. The van der Waals surface area contributed by atoms with Crippen molar-refractivity contribution in [2.75, 3.05) is 7.05 Å². The molecule has 1 nitrogen and oxygen atoms in total. The third kappa shape index (κ3) is 4.65. The van der Waals surface area contributed by atoms with Crippen LogP contribution in [0.2, 0.25) is 0 Å². The molecule has 3 heteroatoms. The van der Waals surface area contributed by atoms with Crippen molar-refractivity contribution in [3.8, 4) is 0 Å². The van der Waals surface area contributed by atoms with Gasteiger partial charge in [0.15, 0.2) is 0 Å². The van der Waals surface area contributed by atoms with Crippen LogP contribution in [0, 0.1) is 19.7 Å². The fourth-order valence-electron chi connectivity index (χ4n) is 2.70. The van der Waals surface area contributed by atoms with Gasteiger partial charge < -0.3 is 5.32 Å². The van der Waals surface area contributed by atoms with Crippen LogP contribution in [0.3, 0.4) is 0 Å². The summed E-state index contributed by atoms with van der Waals surface area (Å²) in [4.78, 5) is 0. The van der Waals surface area contributed by atoms with E-state index in [0.717, 1.165) is 16.5 Å². The summed E-state index contributed by atoms with van der Waals surface area (Å²) >= 11 is 3.29. The molecule has 21 heavy (non-hydrogen) atoms. The van der Waals surface area contributed by atoms with Crippen molar-refractivity contribution in [1.29, 1.82) is 0 Å². The molecule has 0 aliphatic rings. The summed E-state index contributed by atoms with van der Waals surface area (Å²) in [5.74, 6) is -0.148. The molecule has 0 bridgehead atoms. The SMILES string of the molecule is CNC(Cc1cc(C)cc(C)c1)Cc1ccc(Br)cc1F. The average Bonchev–Trinajstić information content (AvgIpc) is 2.39. The van der Waals surface area contributed by atoms with Crippen LogP contribution in [0.25, 0.3) is 0 Å². The molecule has 1 atom stereocenters. The Hall–Kier alpha value is -1.19. The van der Waals surface area contributed by atoms with E-state index in [4.69, 9.17) is 0 Å². The van der Waals surface area contributed by atoms with Gasteiger partial charge in [0, 0.05) is 10.5 Å². The van der Waals surface area contributed by atoms with E-state index < -0.39 is 0 Å². The van der Waals surface area contributed by atoms with Gasteiger partial charge in [0.2, 0.25) is 0 Å². The van der Waals surface area contributed by atoms with Crippen molar-refractivity contribution in [2.24, 2.45) is 0 Å². The zero-order valence-electron chi connectivity index (χ0n) is 12.7. The van der Waals surface area contributed by atoms with Crippen LogP contribution in [0.1, 0.15) is 22.3 Å². The summed E-state index contributed by atoms with van der Waals surface area (Å²) in [6, 6.07) is 12.1. The van der Waals surface area contributed by atoms with Gasteiger partial charge in [-0.3, -0.25) is 0 Å². The summed E-state index contributed by atoms with van der Waals surface area (Å²) in [6.45, 7) is 4.22. The van der Waals surface area contributed by atoms with E-state index in [-0.39, 0.29) is 11.9 Å². The highest BCUT2D eigenvalue weighted by atomic mass is 79.9. The highest BCUT2D eigenvalue weighted by Crippen LogP contribution is 2.18. The van der Waals surface area contributed by atoms with Crippen LogP contribution < -0.4 is 5.32 Å². The lowest BCUT2D eigenvalue weighted by atomic mass is 9.96. The standard InChI is InChI=1S/C18H21BrFN/c1-12-6-13(2)8-14(7-12)9-17(21-3)10-15-4-5-16(19)11-18(15)20/h4-8,11,17,21H,9-10H2,1-3H3. The Labute approximate surface area is 134 Å². The van der Waals surface area contributed by atoms with E-state index in [9.17, 15) is 4.39 Å². The van der Waals surface area contributed by atoms with Crippen LogP contribution in [0.5, 0.6) is 0 Å². The summed E-state index contributed by atoms with van der Waals surface area (Å²) in [7, 11) is 1.93. The number of halogens is 2. The number of rotatable bonds is 5. The number of hydrogen-bond donors (Lipinski definition) is 1. The average molecular weight is 350 g/mol. The Morgan fingerprint density at radius 3 is 2.29 bits per heavy atom. The number of benzene rings is 2. The maximum absolute atomic E-state index is 14.0. The largest absolute Gasteiger partial charge is 0.316 e. The Balaban J connectivity index is 2.12. The van der Waals surface area contributed by atoms with Crippen molar-refractivity contribution in [1.82, 2.24) is 5.32 Å². The van der Waals surface area contributed by atoms with E-state index in [1.54, 1.807) is 0 Å². The topological polar surface area (TPSA) is 12.0 Å². The predicted octanol–water partition coefficient (Wildman–Crippen LogP) is 4.58. The summed E-state index contributed by atoms with van der Waals surface area (Å²) in [5, 5.41) is 3.30. The molecule has 0 spiro atoms. The first-order valence-corrected chi connectivity index (χ1v) is 7.95. The number of hydrogen-bond acceptors (Lipinski definition) is 1. The number of nitrogens with one attached hydrogen (secondary N) is 1. The quantitative estimate of drug-likeness (QED) is 0.832. The summed E-state index contributed by atoms with van der Waals surface area (Å²) < 4.78 is 14.7. The summed E-state index contributed by atoms with van der Waals surface area (Å²) in [6.07, 6.45) is 1.58. The molecular formula is C18H21BrFN. The Morgan fingerprint density at radius 1 is 1.05 bits per heavy atom. The number of likely N-dealkylation sites (N-methyl/N-ethyl adjacent to an activating group) is 1. The molecule has 2 rings (SSSR count). The minimum absolute atomic E-state index is 0.148. The lowest BCUT2D eigenvalue weighted by Gasteiger charge is -2.17. The van der Waals surface area contributed by atoms with Crippen LogP contribution in [0.15, 0.2) is 40.9 Å². The van der Waals surface area contributed by atoms with Crippen LogP contribution >= 0.6 is 15.9 Å². The molecule has 1 unspecified atom stereocenters. The first-order chi connectivity index (χ1) is 9.97. The van der Waals surface area contributed by atoms with E-state index in [1.165, 1.54) is 22.8 Å². The van der Waals surface area contributed by atoms with Gasteiger partial charge in [-0.05, 0) is 57.0 Å². The maximum Gasteiger partial charge on any atom is 0.127 e. The Kier molecular flexibility index (Phi) is 5.54. The molecule has 0 heterocycles. The van der Waals surface area contributed by atoms with Crippen LogP contribution in [0.4, 0.5) is 4.39 Å². The van der Waals surface area contributed by atoms with Crippen LogP contribution in [-0.4, -0.2) is 13.1 Å². The minimum Gasteiger partial charge on any atom is -0.316 e. The Bertz CT molecular complexity index is 604. The smallest absolute Gasteiger partial charge is 0.127 e. The molecule has 0 saturated heterocycles.